The van der Waals surface area contributed by atoms with E-state index in [1.54, 1.807) is 14.0 Å². The molecule has 0 aromatic carbocycles. The maximum atomic E-state index is 9.28. The molecule has 0 aliphatic rings. The summed E-state index contributed by atoms with van der Waals surface area (Å²) in [5.41, 5.74) is 0. The van der Waals surface area contributed by atoms with Gasteiger partial charge in [-0.15, -0.1) is 0 Å². The molecule has 0 radical (unpaired) electrons. The van der Waals surface area contributed by atoms with Gasteiger partial charge < -0.3 is 15.3 Å². The summed E-state index contributed by atoms with van der Waals surface area (Å²) in [6, 6.07) is 0. The van der Waals surface area contributed by atoms with Gasteiger partial charge in [0.05, 0.1) is 20.3 Å². The summed E-state index contributed by atoms with van der Waals surface area (Å²) in [4.78, 5) is 0. The maximum Gasteiger partial charge on any atom is 0.187 e. The monoisotopic (exact) mass is 164 g/mol. The van der Waals surface area contributed by atoms with E-state index in [1.165, 1.54) is 0 Å². The molecule has 0 rings (SSSR count). The van der Waals surface area contributed by atoms with E-state index in [2.05, 4.69) is 0 Å². The Labute approximate surface area is 67.3 Å². The molecule has 0 aliphatic heterocycles. The molecule has 0 aromatic rings. The molecule has 0 bridgehead atoms. The van der Waals surface area contributed by atoms with Crippen molar-refractivity contribution in [3.63, 3.8) is 0 Å². The number of aliphatic hydroxyl groups is 3. The molecule has 0 heterocycles. The van der Waals surface area contributed by atoms with Gasteiger partial charge in [0, 0.05) is 6.92 Å². The van der Waals surface area contributed by atoms with Crippen molar-refractivity contribution in [1.82, 2.24) is 0 Å². The number of hydrogen-bond donors (Lipinski definition) is 3. The fourth-order valence-electron chi connectivity index (χ4n) is 0.942. The van der Waals surface area contributed by atoms with Crippen LogP contribution in [0.4, 0.5) is 0 Å². The Morgan fingerprint density at radius 2 is 1.55 bits per heavy atom. The maximum absolute atomic E-state index is 9.28. The molecule has 0 saturated carbocycles. The Morgan fingerprint density at radius 3 is 1.73 bits per heavy atom. The van der Waals surface area contributed by atoms with Crippen LogP contribution in [0.15, 0.2) is 0 Å². The molecule has 0 fully saturated rings. The SMILES string of the molecule is CC(O)[N+](C)(CCO)CCO. The molecule has 68 valence electrons. The highest BCUT2D eigenvalue weighted by atomic mass is 16.3. The van der Waals surface area contributed by atoms with Gasteiger partial charge in [-0.3, -0.25) is 4.48 Å². The van der Waals surface area contributed by atoms with Crippen molar-refractivity contribution in [3.05, 3.63) is 0 Å². The van der Waals surface area contributed by atoms with Crippen molar-refractivity contribution in [2.24, 2.45) is 0 Å². The second-order valence-electron chi connectivity index (χ2n) is 3.01. The van der Waals surface area contributed by atoms with Crippen LogP contribution in [0.2, 0.25) is 0 Å². The van der Waals surface area contributed by atoms with Gasteiger partial charge in [-0.2, -0.15) is 0 Å². The molecular weight excluding hydrogens is 146 g/mol. The van der Waals surface area contributed by atoms with E-state index in [4.69, 9.17) is 10.2 Å². The van der Waals surface area contributed by atoms with Crippen LogP contribution in [0.1, 0.15) is 6.92 Å². The predicted molar refractivity (Wildman–Crippen MR) is 41.8 cm³/mol. The van der Waals surface area contributed by atoms with Gasteiger partial charge in [-0.1, -0.05) is 0 Å². The Hall–Kier alpha value is -0.160. The van der Waals surface area contributed by atoms with Crippen LogP contribution in [0.3, 0.4) is 0 Å². The molecule has 0 aromatic heterocycles. The zero-order valence-electron chi connectivity index (χ0n) is 7.19. The lowest BCUT2D eigenvalue weighted by molar-refractivity contribution is -0.952. The topological polar surface area (TPSA) is 60.7 Å². The quantitative estimate of drug-likeness (QED) is 0.352. The highest BCUT2D eigenvalue weighted by molar-refractivity contribution is 4.38. The lowest BCUT2D eigenvalue weighted by Crippen LogP contribution is -2.54. The largest absolute Gasteiger partial charge is 0.391 e. The first-order chi connectivity index (χ1) is 5.06. The molecular formula is C7H18NO3+. The molecule has 11 heavy (non-hydrogen) atoms. The molecule has 0 aliphatic carbocycles. The summed E-state index contributed by atoms with van der Waals surface area (Å²) in [6.45, 7) is 2.66. The summed E-state index contributed by atoms with van der Waals surface area (Å²) < 4.78 is 0.299. The van der Waals surface area contributed by atoms with Crippen LogP contribution in [0, 0.1) is 0 Å². The first kappa shape index (κ1) is 10.8. The van der Waals surface area contributed by atoms with Gasteiger partial charge in [-0.05, 0) is 0 Å². The van der Waals surface area contributed by atoms with Crippen molar-refractivity contribution in [2.75, 3.05) is 33.4 Å². The third-order valence-corrected chi connectivity index (χ3v) is 2.12. The minimum absolute atomic E-state index is 0.0292. The Morgan fingerprint density at radius 1 is 1.18 bits per heavy atom. The van der Waals surface area contributed by atoms with E-state index >= 15 is 0 Å². The van der Waals surface area contributed by atoms with Crippen LogP contribution in [0.5, 0.6) is 0 Å². The molecule has 3 N–H and O–H groups in total. The number of nitrogens with zero attached hydrogens (tertiary/aromatic N) is 1. The van der Waals surface area contributed by atoms with E-state index in [1.807, 2.05) is 0 Å². The van der Waals surface area contributed by atoms with Crippen molar-refractivity contribution in [1.29, 1.82) is 0 Å². The third-order valence-electron chi connectivity index (χ3n) is 2.12. The Bertz CT molecular complexity index is 99.9. The van der Waals surface area contributed by atoms with Gasteiger partial charge in [0.15, 0.2) is 6.23 Å². The Balaban J connectivity index is 4.01. The molecule has 0 amide bonds. The summed E-state index contributed by atoms with van der Waals surface area (Å²) in [7, 11) is 1.80. The zero-order valence-corrected chi connectivity index (χ0v) is 7.19. The molecule has 1 unspecified atom stereocenters. The van der Waals surface area contributed by atoms with Crippen LogP contribution in [-0.4, -0.2) is 59.4 Å². The van der Waals surface area contributed by atoms with Crippen molar-refractivity contribution < 1.29 is 19.8 Å². The average Bonchev–Trinajstić information content (AvgIpc) is 1.88. The smallest absolute Gasteiger partial charge is 0.187 e. The number of quaternary nitrogens is 1. The molecule has 4 heteroatoms. The minimum Gasteiger partial charge on any atom is -0.391 e. The lowest BCUT2D eigenvalue weighted by Gasteiger charge is -2.35. The lowest BCUT2D eigenvalue weighted by atomic mass is 10.3. The second kappa shape index (κ2) is 4.66. The molecule has 1 atom stereocenters. The summed E-state index contributed by atoms with van der Waals surface area (Å²) in [6.07, 6.45) is -0.547. The highest BCUT2D eigenvalue weighted by Gasteiger charge is 2.25. The van der Waals surface area contributed by atoms with Gasteiger partial charge in [0.1, 0.15) is 13.1 Å². The standard InChI is InChI=1S/C7H18NO3/c1-7(11)8(2,3-5-9)4-6-10/h7,9-11H,3-6H2,1-2H3/q+1. The fraction of sp³-hybridized carbons (Fsp3) is 1.00. The summed E-state index contributed by atoms with van der Waals surface area (Å²) in [5, 5.41) is 26.6. The molecule has 0 spiro atoms. The number of rotatable bonds is 5. The van der Waals surface area contributed by atoms with Crippen LogP contribution in [0.25, 0.3) is 0 Å². The van der Waals surface area contributed by atoms with Gasteiger partial charge in [0.25, 0.3) is 0 Å². The second-order valence-corrected chi connectivity index (χ2v) is 3.01. The van der Waals surface area contributed by atoms with Crippen LogP contribution < -0.4 is 0 Å². The summed E-state index contributed by atoms with van der Waals surface area (Å²) >= 11 is 0. The van der Waals surface area contributed by atoms with Gasteiger partial charge in [-0.25, -0.2) is 0 Å². The van der Waals surface area contributed by atoms with Crippen LogP contribution >= 0.6 is 0 Å². The summed E-state index contributed by atoms with van der Waals surface area (Å²) in [5.74, 6) is 0. The number of aliphatic hydroxyl groups excluding tert-OH is 3. The van der Waals surface area contributed by atoms with E-state index in [0.29, 0.717) is 17.6 Å². The molecule has 0 saturated heterocycles. The number of hydrogen-bond acceptors (Lipinski definition) is 3. The van der Waals surface area contributed by atoms with Crippen molar-refractivity contribution in [3.8, 4) is 0 Å². The first-order valence-electron chi connectivity index (χ1n) is 3.81. The first-order valence-corrected chi connectivity index (χ1v) is 3.81. The molecule has 4 nitrogen and oxygen atoms in total. The zero-order chi connectivity index (χ0) is 8.91. The van der Waals surface area contributed by atoms with Crippen LogP contribution in [-0.2, 0) is 0 Å². The normalized spacial score (nSPS) is 15.0. The van der Waals surface area contributed by atoms with E-state index in [-0.39, 0.29) is 13.2 Å². The van der Waals surface area contributed by atoms with E-state index in [0.717, 1.165) is 0 Å². The fourth-order valence-corrected chi connectivity index (χ4v) is 0.942. The Kier molecular flexibility index (Phi) is 4.60. The van der Waals surface area contributed by atoms with E-state index in [9.17, 15) is 5.11 Å². The predicted octanol–water partition coefficient (Wildman–Crippen LogP) is -1.24. The highest BCUT2D eigenvalue weighted by Crippen LogP contribution is 2.05. The van der Waals surface area contributed by atoms with Crippen molar-refractivity contribution in [2.45, 2.75) is 13.2 Å². The van der Waals surface area contributed by atoms with Gasteiger partial charge in [0.2, 0.25) is 0 Å². The average molecular weight is 164 g/mol. The van der Waals surface area contributed by atoms with Gasteiger partial charge >= 0.3 is 0 Å². The van der Waals surface area contributed by atoms with Crippen molar-refractivity contribution >= 4 is 0 Å². The minimum atomic E-state index is -0.547. The number of likely N-dealkylation sites (N-methyl/N-ethyl adjacent to an activating group) is 1. The third kappa shape index (κ3) is 3.16. The van der Waals surface area contributed by atoms with E-state index < -0.39 is 6.23 Å².